The molecule has 1 aliphatic rings. The zero-order valence-electron chi connectivity index (χ0n) is 14.2. The van der Waals surface area contributed by atoms with Crippen LogP contribution in [0.25, 0.3) is 0 Å². The fourth-order valence-electron chi connectivity index (χ4n) is 3.05. The second kappa shape index (κ2) is 7.82. The predicted octanol–water partition coefficient (Wildman–Crippen LogP) is 2.05. The van der Waals surface area contributed by atoms with Crippen molar-refractivity contribution in [3.05, 3.63) is 71.3 Å². The highest BCUT2D eigenvalue weighted by atomic mass is 16.4. The number of nitrogens with one attached hydrogen (secondary N) is 1. The van der Waals surface area contributed by atoms with E-state index in [1.54, 1.807) is 17.0 Å². The Kier molecular flexibility index (Phi) is 5.31. The third-order valence-electron chi connectivity index (χ3n) is 4.44. The summed E-state index contributed by atoms with van der Waals surface area (Å²) < 4.78 is 0. The van der Waals surface area contributed by atoms with Gasteiger partial charge in [0.05, 0.1) is 11.5 Å². The Bertz CT molecular complexity index is 820. The maximum Gasteiger partial charge on any atom is 0.335 e. The number of aromatic carboxylic acids is 1. The molecule has 2 N–H and O–H groups in total. The molecule has 0 radical (unpaired) electrons. The molecular formula is C20H20N2O4. The van der Waals surface area contributed by atoms with Gasteiger partial charge >= 0.3 is 5.97 Å². The summed E-state index contributed by atoms with van der Waals surface area (Å²) in [4.78, 5) is 37.2. The van der Waals surface area contributed by atoms with E-state index in [2.05, 4.69) is 5.32 Å². The molecule has 1 aliphatic heterocycles. The highest BCUT2D eigenvalue weighted by Gasteiger charge is 2.34. The lowest BCUT2D eigenvalue weighted by Crippen LogP contribution is -2.32. The molecule has 1 unspecified atom stereocenters. The van der Waals surface area contributed by atoms with E-state index in [0.717, 1.165) is 5.56 Å². The Morgan fingerprint density at radius 3 is 2.54 bits per heavy atom. The van der Waals surface area contributed by atoms with Crippen LogP contribution in [-0.2, 0) is 22.7 Å². The van der Waals surface area contributed by atoms with Gasteiger partial charge in [0.1, 0.15) is 0 Å². The molecule has 2 aromatic carbocycles. The molecule has 6 nitrogen and oxygen atoms in total. The maximum atomic E-state index is 12.4. The lowest BCUT2D eigenvalue weighted by Gasteiger charge is -2.16. The smallest absolute Gasteiger partial charge is 0.335 e. The molecule has 2 aromatic rings. The van der Waals surface area contributed by atoms with Crippen molar-refractivity contribution in [3.63, 3.8) is 0 Å². The topological polar surface area (TPSA) is 86.7 Å². The lowest BCUT2D eigenvalue weighted by atomic mass is 10.1. The van der Waals surface area contributed by atoms with Crippen LogP contribution in [-0.4, -0.2) is 34.3 Å². The van der Waals surface area contributed by atoms with Crippen molar-refractivity contribution in [2.24, 2.45) is 5.92 Å². The van der Waals surface area contributed by atoms with Crippen molar-refractivity contribution in [1.29, 1.82) is 0 Å². The maximum absolute atomic E-state index is 12.4. The van der Waals surface area contributed by atoms with Gasteiger partial charge in [0.15, 0.2) is 0 Å². The highest BCUT2D eigenvalue weighted by Crippen LogP contribution is 2.20. The van der Waals surface area contributed by atoms with Crippen LogP contribution in [0.5, 0.6) is 0 Å². The summed E-state index contributed by atoms with van der Waals surface area (Å²) in [6, 6.07) is 16.1. The number of carbonyl (C=O) groups is 3. The van der Waals surface area contributed by atoms with Gasteiger partial charge in [0.25, 0.3) is 0 Å². The van der Waals surface area contributed by atoms with Crippen LogP contribution in [0.2, 0.25) is 0 Å². The minimum atomic E-state index is -1.00. The SMILES string of the molecule is O=C(O)c1cccc(CNC(=O)C2CC(=O)N(Cc3ccccc3)C2)c1. The third kappa shape index (κ3) is 4.27. The first-order chi connectivity index (χ1) is 12.5. The van der Waals surface area contributed by atoms with E-state index >= 15 is 0 Å². The van der Waals surface area contributed by atoms with Crippen molar-refractivity contribution in [2.75, 3.05) is 6.54 Å². The molecule has 6 heteroatoms. The van der Waals surface area contributed by atoms with E-state index < -0.39 is 5.97 Å². The molecule has 134 valence electrons. The second-order valence-corrected chi connectivity index (χ2v) is 6.38. The Labute approximate surface area is 151 Å². The van der Waals surface area contributed by atoms with Crippen molar-refractivity contribution >= 4 is 17.8 Å². The largest absolute Gasteiger partial charge is 0.478 e. The molecule has 1 fully saturated rings. The van der Waals surface area contributed by atoms with E-state index in [9.17, 15) is 14.4 Å². The van der Waals surface area contributed by atoms with E-state index in [-0.39, 0.29) is 36.3 Å². The number of nitrogens with zero attached hydrogens (tertiary/aromatic N) is 1. The molecule has 1 atom stereocenters. The Hall–Kier alpha value is -3.15. The number of likely N-dealkylation sites (tertiary alicyclic amines) is 1. The van der Waals surface area contributed by atoms with Crippen LogP contribution < -0.4 is 5.32 Å². The van der Waals surface area contributed by atoms with Crippen molar-refractivity contribution in [3.8, 4) is 0 Å². The molecular weight excluding hydrogens is 332 g/mol. The summed E-state index contributed by atoms with van der Waals surface area (Å²) in [7, 11) is 0. The van der Waals surface area contributed by atoms with Crippen LogP contribution in [0.4, 0.5) is 0 Å². The summed E-state index contributed by atoms with van der Waals surface area (Å²) >= 11 is 0. The van der Waals surface area contributed by atoms with Crippen LogP contribution in [0.1, 0.15) is 27.9 Å². The summed E-state index contributed by atoms with van der Waals surface area (Å²) in [5.41, 5.74) is 1.93. The Morgan fingerprint density at radius 1 is 1.08 bits per heavy atom. The van der Waals surface area contributed by atoms with Gasteiger partial charge in [-0.25, -0.2) is 4.79 Å². The standard InChI is InChI=1S/C20H20N2O4/c23-18-10-17(13-22(18)12-14-5-2-1-3-6-14)19(24)21-11-15-7-4-8-16(9-15)20(25)26/h1-9,17H,10-13H2,(H,21,24)(H,25,26). The molecule has 0 spiro atoms. The van der Waals surface area contributed by atoms with Crippen LogP contribution in [0, 0.1) is 5.92 Å². The summed E-state index contributed by atoms with van der Waals surface area (Å²) in [6.45, 7) is 1.14. The minimum absolute atomic E-state index is 0.0260. The Balaban J connectivity index is 1.55. The molecule has 26 heavy (non-hydrogen) atoms. The highest BCUT2D eigenvalue weighted by molar-refractivity contribution is 5.89. The average Bonchev–Trinajstić information content (AvgIpc) is 3.01. The third-order valence-corrected chi connectivity index (χ3v) is 4.44. The number of rotatable bonds is 6. The lowest BCUT2D eigenvalue weighted by molar-refractivity contribution is -0.129. The summed E-state index contributed by atoms with van der Waals surface area (Å²) in [5, 5.41) is 11.8. The van der Waals surface area contributed by atoms with Gasteiger partial charge < -0.3 is 15.3 Å². The number of carboxylic acid groups (broad SMARTS) is 1. The minimum Gasteiger partial charge on any atom is -0.478 e. The molecule has 0 aromatic heterocycles. The monoisotopic (exact) mass is 352 g/mol. The quantitative estimate of drug-likeness (QED) is 0.833. The van der Waals surface area contributed by atoms with Crippen molar-refractivity contribution < 1.29 is 19.5 Å². The number of amides is 2. The van der Waals surface area contributed by atoms with Crippen molar-refractivity contribution in [1.82, 2.24) is 10.2 Å². The van der Waals surface area contributed by atoms with Crippen LogP contribution in [0.3, 0.4) is 0 Å². The Morgan fingerprint density at radius 2 is 1.81 bits per heavy atom. The van der Waals surface area contributed by atoms with Gasteiger partial charge in [0, 0.05) is 26.1 Å². The van der Waals surface area contributed by atoms with Crippen LogP contribution in [0.15, 0.2) is 54.6 Å². The average molecular weight is 352 g/mol. The van der Waals surface area contributed by atoms with E-state index in [4.69, 9.17) is 5.11 Å². The molecule has 0 bridgehead atoms. The van der Waals surface area contributed by atoms with Crippen LogP contribution >= 0.6 is 0 Å². The molecule has 0 aliphatic carbocycles. The fraction of sp³-hybridized carbons (Fsp3) is 0.250. The number of benzene rings is 2. The van der Waals surface area contributed by atoms with Crippen molar-refractivity contribution in [2.45, 2.75) is 19.5 Å². The van der Waals surface area contributed by atoms with Gasteiger partial charge in [0.2, 0.25) is 11.8 Å². The first-order valence-corrected chi connectivity index (χ1v) is 8.44. The number of hydrogen-bond acceptors (Lipinski definition) is 3. The fourth-order valence-corrected chi connectivity index (χ4v) is 3.05. The van der Waals surface area contributed by atoms with Gasteiger partial charge in [-0.05, 0) is 23.3 Å². The predicted molar refractivity (Wildman–Crippen MR) is 95.2 cm³/mol. The number of carboxylic acids is 1. The summed E-state index contributed by atoms with van der Waals surface area (Å²) in [5.74, 6) is -1.60. The van der Waals surface area contributed by atoms with Gasteiger partial charge in [-0.1, -0.05) is 42.5 Å². The van der Waals surface area contributed by atoms with E-state index in [1.807, 2.05) is 30.3 Å². The number of carbonyl (C=O) groups excluding carboxylic acids is 2. The zero-order chi connectivity index (χ0) is 18.5. The zero-order valence-corrected chi connectivity index (χ0v) is 14.2. The van der Waals surface area contributed by atoms with Gasteiger partial charge in [-0.3, -0.25) is 9.59 Å². The molecule has 1 heterocycles. The molecule has 0 saturated carbocycles. The first-order valence-electron chi connectivity index (χ1n) is 8.44. The van der Waals surface area contributed by atoms with E-state index in [0.29, 0.717) is 18.7 Å². The first kappa shape index (κ1) is 17.7. The summed E-state index contributed by atoms with van der Waals surface area (Å²) in [6.07, 6.45) is 0.202. The van der Waals surface area contributed by atoms with E-state index in [1.165, 1.54) is 12.1 Å². The molecule has 3 rings (SSSR count). The van der Waals surface area contributed by atoms with Gasteiger partial charge in [-0.15, -0.1) is 0 Å². The van der Waals surface area contributed by atoms with Gasteiger partial charge in [-0.2, -0.15) is 0 Å². The molecule has 1 saturated heterocycles. The normalized spacial score (nSPS) is 16.5. The second-order valence-electron chi connectivity index (χ2n) is 6.38. The molecule has 2 amide bonds. The number of hydrogen-bond donors (Lipinski definition) is 2.